The van der Waals surface area contributed by atoms with E-state index in [2.05, 4.69) is 21.2 Å². The van der Waals surface area contributed by atoms with Crippen LogP contribution in [0.1, 0.15) is 30.7 Å². The zero-order valence-corrected chi connectivity index (χ0v) is 14.5. The second-order valence-electron chi connectivity index (χ2n) is 5.99. The van der Waals surface area contributed by atoms with Crippen LogP contribution in [-0.4, -0.2) is 34.0 Å². The summed E-state index contributed by atoms with van der Waals surface area (Å²) in [7, 11) is 0. The minimum atomic E-state index is -1.06. The monoisotopic (exact) mass is 383 g/mol. The first-order valence-corrected chi connectivity index (χ1v) is 9.35. The van der Waals surface area contributed by atoms with E-state index in [1.54, 1.807) is 11.8 Å². The molecular formula is C16H18BrNO3S. The van der Waals surface area contributed by atoms with E-state index in [0.717, 1.165) is 28.0 Å². The summed E-state index contributed by atoms with van der Waals surface area (Å²) in [6.07, 6.45) is 1.81. The summed E-state index contributed by atoms with van der Waals surface area (Å²) in [4.78, 5) is 24.1. The third-order valence-corrected chi connectivity index (χ3v) is 6.00. The Morgan fingerprint density at radius 2 is 2.05 bits per heavy atom. The lowest BCUT2D eigenvalue weighted by atomic mass is 9.92. The molecule has 1 heterocycles. The van der Waals surface area contributed by atoms with Crippen LogP contribution in [0, 0.1) is 5.92 Å². The molecule has 1 saturated carbocycles. The number of rotatable bonds is 4. The van der Waals surface area contributed by atoms with Gasteiger partial charge in [0.1, 0.15) is 5.54 Å². The summed E-state index contributed by atoms with van der Waals surface area (Å²) in [5.41, 5.74) is 0.0744. The van der Waals surface area contributed by atoms with Crippen molar-refractivity contribution in [1.82, 2.24) is 5.32 Å². The highest BCUT2D eigenvalue weighted by molar-refractivity contribution is 9.10. The predicted octanol–water partition coefficient (Wildman–Crippen LogP) is 3.02. The van der Waals surface area contributed by atoms with Gasteiger partial charge in [0, 0.05) is 10.4 Å². The normalized spacial score (nSPS) is 26.2. The molecular weight excluding hydrogens is 366 g/mol. The van der Waals surface area contributed by atoms with Crippen molar-refractivity contribution in [3.05, 3.63) is 34.3 Å². The van der Waals surface area contributed by atoms with Gasteiger partial charge in [-0.1, -0.05) is 28.1 Å². The molecule has 1 aliphatic heterocycles. The van der Waals surface area contributed by atoms with Crippen LogP contribution in [0.25, 0.3) is 0 Å². The molecule has 2 fully saturated rings. The number of carboxylic acids is 1. The van der Waals surface area contributed by atoms with Gasteiger partial charge in [-0.15, -0.1) is 0 Å². The van der Waals surface area contributed by atoms with Crippen LogP contribution in [0.4, 0.5) is 0 Å². The van der Waals surface area contributed by atoms with Crippen LogP contribution in [0.5, 0.6) is 0 Å². The number of halogens is 1. The number of hydrogen-bond acceptors (Lipinski definition) is 3. The van der Waals surface area contributed by atoms with Gasteiger partial charge < -0.3 is 10.4 Å². The number of thioether (sulfide) groups is 1. The predicted molar refractivity (Wildman–Crippen MR) is 90.1 cm³/mol. The maximum atomic E-state index is 12.5. The lowest BCUT2D eigenvalue weighted by molar-refractivity contribution is -0.148. The molecule has 4 nitrogen and oxygen atoms in total. The Hall–Kier alpha value is -1.01. The van der Waals surface area contributed by atoms with Gasteiger partial charge in [0.15, 0.2) is 0 Å². The van der Waals surface area contributed by atoms with E-state index in [0.29, 0.717) is 12.8 Å². The third-order valence-electron chi connectivity index (χ3n) is 4.52. The lowest BCUT2D eigenvalue weighted by Crippen LogP contribution is -2.57. The molecule has 2 atom stereocenters. The van der Waals surface area contributed by atoms with E-state index < -0.39 is 11.5 Å². The maximum Gasteiger partial charge on any atom is 0.329 e. The standard InChI is InChI=1S/C16H18BrNO3S/c17-11-3-1-2-10(8-11)12-9-13(12)14(19)18-16(15(20)21)4-6-22-7-5-16/h1-3,8,12-13H,4-7,9H2,(H,18,19)(H,20,21). The number of aliphatic carboxylic acids is 1. The Bertz CT molecular complexity index is 601. The van der Waals surface area contributed by atoms with E-state index in [-0.39, 0.29) is 17.7 Å². The molecule has 0 aromatic heterocycles. The summed E-state index contributed by atoms with van der Waals surface area (Å²) in [6, 6.07) is 7.97. The molecule has 22 heavy (non-hydrogen) atoms. The van der Waals surface area contributed by atoms with Crippen molar-refractivity contribution in [2.45, 2.75) is 30.7 Å². The Labute approximate surface area is 142 Å². The highest BCUT2D eigenvalue weighted by Crippen LogP contribution is 2.48. The highest BCUT2D eigenvalue weighted by Gasteiger charge is 2.48. The first-order chi connectivity index (χ1) is 10.5. The first-order valence-electron chi connectivity index (χ1n) is 7.40. The Balaban J connectivity index is 1.67. The van der Waals surface area contributed by atoms with Crippen molar-refractivity contribution in [3.8, 4) is 0 Å². The van der Waals surface area contributed by atoms with Crippen molar-refractivity contribution in [1.29, 1.82) is 0 Å². The van der Waals surface area contributed by atoms with Crippen molar-refractivity contribution in [3.63, 3.8) is 0 Å². The largest absolute Gasteiger partial charge is 0.480 e. The topological polar surface area (TPSA) is 66.4 Å². The molecule has 6 heteroatoms. The molecule has 118 valence electrons. The molecule has 1 aromatic rings. The molecule has 1 amide bonds. The Morgan fingerprint density at radius 1 is 1.32 bits per heavy atom. The lowest BCUT2D eigenvalue weighted by Gasteiger charge is -2.33. The zero-order valence-electron chi connectivity index (χ0n) is 12.0. The molecule has 1 aliphatic carbocycles. The molecule has 2 N–H and O–H groups in total. The number of nitrogens with one attached hydrogen (secondary N) is 1. The Morgan fingerprint density at radius 3 is 2.68 bits per heavy atom. The number of carbonyl (C=O) groups excluding carboxylic acids is 1. The first kappa shape index (κ1) is 15.9. The average Bonchev–Trinajstić information content (AvgIpc) is 3.28. The smallest absolute Gasteiger partial charge is 0.329 e. The minimum Gasteiger partial charge on any atom is -0.480 e. The number of carboxylic acid groups (broad SMARTS) is 1. The van der Waals surface area contributed by atoms with Gasteiger partial charge in [0.05, 0.1) is 0 Å². The average molecular weight is 384 g/mol. The third kappa shape index (κ3) is 3.18. The fraction of sp³-hybridized carbons (Fsp3) is 0.500. The van der Waals surface area contributed by atoms with Crippen LogP contribution in [0.15, 0.2) is 28.7 Å². The highest BCUT2D eigenvalue weighted by atomic mass is 79.9. The van der Waals surface area contributed by atoms with E-state index >= 15 is 0 Å². The van der Waals surface area contributed by atoms with Crippen LogP contribution in [-0.2, 0) is 9.59 Å². The van der Waals surface area contributed by atoms with Crippen molar-refractivity contribution < 1.29 is 14.7 Å². The minimum absolute atomic E-state index is 0.0971. The second-order valence-corrected chi connectivity index (χ2v) is 8.13. The summed E-state index contributed by atoms with van der Waals surface area (Å²) in [6.45, 7) is 0. The van der Waals surface area contributed by atoms with Gasteiger partial charge in [-0.25, -0.2) is 4.79 Å². The molecule has 0 radical (unpaired) electrons. The van der Waals surface area contributed by atoms with Crippen LogP contribution < -0.4 is 5.32 Å². The van der Waals surface area contributed by atoms with Crippen molar-refractivity contribution in [2.75, 3.05) is 11.5 Å². The van der Waals surface area contributed by atoms with E-state index in [9.17, 15) is 14.7 Å². The van der Waals surface area contributed by atoms with Crippen LogP contribution >= 0.6 is 27.7 Å². The molecule has 0 spiro atoms. The Kier molecular flexibility index (Phi) is 4.50. The summed E-state index contributed by atoms with van der Waals surface area (Å²) < 4.78 is 1.00. The van der Waals surface area contributed by atoms with Crippen LogP contribution in [0.2, 0.25) is 0 Å². The van der Waals surface area contributed by atoms with E-state index in [1.807, 2.05) is 24.3 Å². The number of hydrogen-bond donors (Lipinski definition) is 2. The van der Waals surface area contributed by atoms with Crippen LogP contribution in [0.3, 0.4) is 0 Å². The van der Waals surface area contributed by atoms with E-state index in [1.165, 1.54) is 0 Å². The molecule has 1 saturated heterocycles. The molecule has 2 aliphatic rings. The SMILES string of the molecule is O=C(NC1(C(=O)O)CCSCC1)C1CC1c1cccc(Br)c1. The summed E-state index contributed by atoms with van der Waals surface area (Å²) in [5, 5.41) is 12.4. The van der Waals surface area contributed by atoms with Gasteiger partial charge in [0.2, 0.25) is 5.91 Å². The molecule has 3 rings (SSSR count). The summed E-state index contributed by atoms with van der Waals surface area (Å²) >= 11 is 5.19. The second kappa shape index (κ2) is 6.24. The zero-order chi connectivity index (χ0) is 15.7. The van der Waals surface area contributed by atoms with Crippen molar-refractivity contribution in [2.24, 2.45) is 5.92 Å². The molecule has 2 unspecified atom stereocenters. The van der Waals surface area contributed by atoms with Crippen molar-refractivity contribution >= 4 is 39.6 Å². The van der Waals surface area contributed by atoms with E-state index in [4.69, 9.17) is 0 Å². The maximum absolute atomic E-state index is 12.5. The molecule has 1 aromatic carbocycles. The number of carbonyl (C=O) groups is 2. The fourth-order valence-electron chi connectivity index (χ4n) is 3.03. The fourth-order valence-corrected chi connectivity index (χ4v) is 4.64. The van der Waals surface area contributed by atoms with Gasteiger partial charge >= 0.3 is 5.97 Å². The number of benzene rings is 1. The van der Waals surface area contributed by atoms with Gasteiger partial charge in [-0.05, 0) is 54.4 Å². The number of amides is 1. The quantitative estimate of drug-likeness (QED) is 0.838. The van der Waals surface area contributed by atoms with Gasteiger partial charge in [-0.3, -0.25) is 4.79 Å². The molecule has 0 bridgehead atoms. The van der Waals surface area contributed by atoms with Gasteiger partial charge in [0.25, 0.3) is 0 Å². The summed E-state index contributed by atoms with van der Waals surface area (Å²) in [5.74, 6) is 0.667. The van der Waals surface area contributed by atoms with Gasteiger partial charge in [-0.2, -0.15) is 11.8 Å².